The molecular weight excluding hydrogens is 276 g/mol. The summed E-state index contributed by atoms with van der Waals surface area (Å²) >= 11 is 1.63. The smallest absolute Gasteiger partial charge is 0.327 e. The Balaban J connectivity index is 2.12. The number of aliphatic carboxylic acids is 1. The van der Waals surface area contributed by atoms with Crippen LogP contribution in [0.3, 0.4) is 0 Å². The minimum atomic E-state index is -0.884. The molecule has 0 spiro atoms. The molecule has 1 saturated carbocycles. The van der Waals surface area contributed by atoms with Crippen LogP contribution < -0.4 is 0 Å². The molecule has 1 aliphatic carbocycles. The molecule has 1 N–H and O–H groups in total. The molecule has 3 unspecified atom stereocenters. The van der Waals surface area contributed by atoms with Gasteiger partial charge < -0.3 is 10.0 Å². The van der Waals surface area contributed by atoms with Gasteiger partial charge in [-0.1, -0.05) is 13.3 Å². The van der Waals surface area contributed by atoms with Crippen molar-refractivity contribution in [2.24, 2.45) is 5.92 Å². The highest BCUT2D eigenvalue weighted by Crippen LogP contribution is 2.45. The zero-order valence-electron chi connectivity index (χ0n) is 12.4. The van der Waals surface area contributed by atoms with Crippen molar-refractivity contribution in [2.45, 2.75) is 57.0 Å². The van der Waals surface area contributed by atoms with E-state index in [2.05, 4.69) is 6.92 Å². The third-order valence-corrected chi connectivity index (χ3v) is 5.70. The summed E-state index contributed by atoms with van der Waals surface area (Å²) in [6, 6.07) is -0.651. The molecule has 0 aromatic rings. The van der Waals surface area contributed by atoms with E-state index in [0.29, 0.717) is 11.7 Å². The molecule has 2 rings (SSSR count). The van der Waals surface area contributed by atoms with Crippen LogP contribution in [0.15, 0.2) is 0 Å². The number of thioether (sulfide) groups is 1. The highest BCUT2D eigenvalue weighted by Gasteiger charge is 2.49. The Morgan fingerprint density at radius 1 is 1.45 bits per heavy atom. The summed E-state index contributed by atoms with van der Waals surface area (Å²) < 4.78 is 0. The van der Waals surface area contributed by atoms with Crippen molar-refractivity contribution >= 4 is 23.8 Å². The average molecular weight is 300 g/mol. The first-order valence-corrected chi connectivity index (χ1v) is 8.41. The van der Waals surface area contributed by atoms with Gasteiger partial charge in [0.2, 0.25) is 0 Å². The van der Waals surface area contributed by atoms with E-state index >= 15 is 0 Å². The Morgan fingerprint density at radius 2 is 2.10 bits per heavy atom. The van der Waals surface area contributed by atoms with Gasteiger partial charge in [0.25, 0.3) is 0 Å². The van der Waals surface area contributed by atoms with E-state index < -0.39 is 12.0 Å². The van der Waals surface area contributed by atoms with Crippen molar-refractivity contribution < 1.29 is 14.7 Å². The van der Waals surface area contributed by atoms with Gasteiger partial charge >= 0.3 is 12.0 Å². The molecule has 6 heteroatoms. The van der Waals surface area contributed by atoms with Gasteiger partial charge in [-0.05, 0) is 32.1 Å². The van der Waals surface area contributed by atoms with E-state index in [1.807, 2.05) is 6.92 Å². The Hall–Kier alpha value is -0.910. The van der Waals surface area contributed by atoms with Crippen LogP contribution >= 0.6 is 11.8 Å². The molecule has 3 atom stereocenters. The Labute approximate surface area is 124 Å². The lowest BCUT2D eigenvalue weighted by molar-refractivity contribution is -0.141. The zero-order chi connectivity index (χ0) is 14.9. The fourth-order valence-electron chi connectivity index (χ4n) is 2.69. The first kappa shape index (κ1) is 15.5. The lowest BCUT2D eigenvalue weighted by Crippen LogP contribution is -2.53. The van der Waals surface area contributed by atoms with E-state index in [1.54, 1.807) is 28.6 Å². The number of amides is 2. The van der Waals surface area contributed by atoms with Crippen molar-refractivity contribution in [3.63, 3.8) is 0 Å². The number of carboxylic acids is 1. The van der Waals surface area contributed by atoms with Crippen molar-refractivity contribution in [3.05, 3.63) is 0 Å². The monoisotopic (exact) mass is 300 g/mol. The number of rotatable bonds is 5. The number of carbonyl (C=O) groups excluding carboxylic acids is 1. The maximum atomic E-state index is 12.7. The summed E-state index contributed by atoms with van der Waals surface area (Å²) in [6.07, 6.45) is 4.18. The van der Waals surface area contributed by atoms with E-state index in [1.165, 1.54) is 0 Å². The van der Waals surface area contributed by atoms with Gasteiger partial charge in [-0.25, -0.2) is 9.59 Å². The van der Waals surface area contributed by atoms with Crippen molar-refractivity contribution in [1.82, 2.24) is 9.80 Å². The first-order chi connectivity index (χ1) is 9.47. The predicted octanol–water partition coefficient (Wildman–Crippen LogP) is 2.46. The fourth-order valence-corrected chi connectivity index (χ4v) is 4.31. The van der Waals surface area contributed by atoms with Crippen molar-refractivity contribution in [1.29, 1.82) is 0 Å². The first-order valence-electron chi connectivity index (χ1n) is 7.36. The van der Waals surface area contributed by atoms with Gasteiger partial charge in [0.1, 0.15) is 6.04 Å². The van der Waals surface area contributed by atoms with Crippen LogP contribution in [0.1, 0.15) is 39.5 Å². The van der Waals surface area contributed by atoms with Crippen LogP contribution in [0.25, 0.3) is 0 Å². The summed E-state index contributed by atoms with van der Waals surface area (Å²) in [5, 5.41) is 9.41. The topological polar surface area (TPSA) is 60.9 Å². The number of carboxylic acid groups (broad SMARTS) is 1. The predicted molar refractivity (Wildman–Crippen MR) is 79.8 cm³/mol. The Kier molecular flexibility index (Phi) is 4.83. The normalized spacial score (nSPS) is 27.4. The number of urea groups is 1. The van der Waals surface area contributed by atoms with Gasteiger partial charge in [0, 0.05) is 18.8 Å². The third-order valence-electron chi connectivity index (χ3n) is 4.24. The second kappa shape index (κ2) is 6.24. The molecular formula is C14H24N2O3S. The molecule has 0 bridgehead atoms. The molecule has 20 heavy (non-hydrogen) atoms. The maximum Gasteiger partial charge on any atom is 0.327 e. The quantitative estimate of drug-likeness (QED) is 0.847. The second-order valence-electron chi connectivity index (χ2n) is 5.85. The van der Waals surface area contributed by atoms with Crippen LogP contribution in [0, 0.1) is 5.92 Å². The minimum Gasteiger partial charge on any atom is -0.480 e. The highest BCUT2D eigenvalue weighted by atomic mass is 32.2. The second-order valence-corrected chi connectivity index (χ2v) is 7.00. The van der Waals surface area contributed by atoms with E-state index in [-0.39, 0.29) is 17.4 Å². The Bertz CT molecular complexity index is 387. The number of hydrogen-bond donors (Lipinski definition) is 1. The molecule has 0 aromatic carbocycles. The lowest BCUT2D eigenvalue weighted by Gasteiger charge is -2.34. The van der Waals surface area contributed by atoms with Crippen LogP contribution in [0.2, 0.25) is 0 Å². The van der Waals surface area contributed by atoms with Gasteiger partial charge in [0.15, 0.2) is 0 Å². The van der Waals surface area contributed by atoms with E-state index in [9.17, 15) is 14.7 Å². The van der Waals surface area contributed by atoms with Crippen LogP contribution in [0.5, 0.6) is 0 Å². The van der Waals surface area contributed by atoms with E-state index in [0.717, 1.165) is 25.7 Å². The van der Waals surface area contributed by atoms with Crippen molar-refractivity contribution in [2.75, 3.05) is 12.8 Å². The molecule has 2 fully saturated rings. The average Bonchev–Trinajstić information content (AvgIpc) is 3.15. The summed E-state index contributed by atoms with van der Waals surface area (Å²) in [6.45, 7) is 4.11. The summed E-state index contributed by atoms with van der Waals surface area (Å²) in [7, 11) is 1.79. The molecule has 2 amide bonds. The maximum absolute atomic E-state index is 12.7. The van der Waals surface area contributed by atoms with Gasteiger partial charge in [-0.3, -0.25) is 4.90 Å². The van der Waals surface area contributed by atoms with Gasteiger partial charge in [-0.2, -0.15) is 0 Å². The van der Waals surface area contributed by atoms with Crippen molar-refractivity contribution in [3.8, 4) is 0 Å². The molecule has 1 aliphatic heterocycles. The lowest BCUT2D eigenvalue weighted by atomic mass is 10.2. The van der Waals surface area contributed by atoms with Crippen LogP contribution in [-0.4, -0.2) is 57.2 Å². The molecule has 1 heterocycles. The number of hydrogen-bond acceptors (Lipinski definition) is 3. The molecule has 5 nitrogen and oxygen atoms in total. The fraction of sp³-hybridized carbons (Fsp3) is 0.857. The third kappa shape index (κ3) is 3.05. The molecule has 114 valence electrons. The zero-order valence-corrected chi connectivity index (χ0v) is 13.2. The summed E-state index contributed by atoms with van der Waals surface area (Å²) in [5.74, 6) is 0.117. The van der Waals surface area contributed by atoms with E-state index in [4.69, 9.17) is 0 Å². The van der Waals surface area contributed by atoms with Gasteiger partial charge in [-0.15, -0.1) is 11.8 Å². The molecule has 0 radical (unpaired) electrons. The SMILES string of the molecule is CCCC(C)N(C)C(=O)N1C(C(=O)O)CSC1C1CC1. The Morgan fingerprint density at radius 3 is 2.60 bits per heavy atom. The summed E-state index contributed by atoms with van der Waals surface area (Å²) in [4.78, 5) is 27.4. The molecule has 1 saturated heterocycles. The standard InChI is InChI=1S/C14H24N2O3S/c1-4-5-9(2)15(3)14(19)16-11(13(17)18)8-20-12(16)10-6-7-10/h9-12H,4-8H2,1-3H3,(H,17,18). The van der Waals surface area contributed by atoms with Crippen LogP contribution in [-0.2, 0) is 4.79 Å². The van der Waals surface area contributed by atoms with Gasteiger partial charge in [0.05, 0.1) is 5.37 Å². The molecule has 0 aromatic heterocycles. The number of nitrogens with zero attached hydrogens (tertiary/aromatic N) is 2. The molecule has 2 aliphatic rings. The largest absolute Gasteiger partial charge is 0.480 e. The van der Waals surface area contributed by atoms with Crippen LogP contribution in [0.4, 0.5) is 4.79 Å². The summed E-state index contributed by atoms with van der Waals surface area (Å²) in [5.41, 5.74) is 0. The highest BCUT2D eigenvalue weighted by molar-refractivity contribution is 8.00. The minimum absolute atomic E-state index is 0.0554. The number of carbonyl (C=O) groups is 2.